The van der Waals surface area contributed by atoms with Gasteiger partial charge in [-0.25, -0.2) is 14.4 Å². The van der Waals surface area contributed by atoms with Gasteiger partial charge in [-0.1, -0.05) is 13.3 Å². The molecule has 3 amide bonds. The van der Waals surface area contributed by atoms with Gasteiger partial charge >= 0.3 is 18.3 Å². The van der Waals surface area contributed by atoms with E-state index in [2.05, 4.69) is 61.5 Å². The first-order valence-electron chi connectivity index (χ1n) is 10.9. The number of anilines is 3. The van der Waals surface area contributed by atoms with E-state index in [1.54, 1.807) is 0 Å². The minimum Gasteiger partial charge on any atom is -0.449 e. The van der Waals surface area contributed by atoms with Crippen molar-refractivity contribution in [1.82, 2.24) is 45.5 Å². The van der Waals surface area contributed by atoms with Crippen molar-refractivity contribution in [3.8, 4) is 0 Å². The summed E-state index contributed by atoms with van der Waals surface area (Å²) in [4.78, 5) is 43.9. The van der Waals surface area contributed by atoms with E-state index in [0.717, 1.165) is 0 Å². The number of nitrogens with one attached hydrogen (secondary N) is 6. The van der Waals surface area contributed by atoms with Crippen LogP contribution in [-0.2, 0) is 14.2 Å². The average Bonchev–Trinajstić information content (AvgIpc) is 3.63. The number of hydrogen-bond acceptors (Lipinski definition) is 12. The Bertz CT molecular complexity index is 925. The van der Waals surface area contributed by atoms with E-state index in [0.29, 0.717) is 25.7 Å². The van der Waals surface area contributed by atoms with Gasteiger partial charge in [-0.05, 0) is 24.7 Å². The molecule has 3 aromatic heterocycles. The van der Waals surface area contributed by atoms with E-state index < -0.39 is 23.7 Å². The van der Waals surface area contributed by atoms with Gasteiger partial charge in [-0.3, -0.25) is 16.0 Å². The number of hydrogen-bond donors (Lipinski definition) is 6. The number of aromatic amines is 3. The number of nitrogens with zero attached hydrogens (tertiary/aromatic N) is 6. The van der Waals surface area contributed by atoms with E-state index in [4.69, 9.17) is 14.2 Å². The molecule has 0 unspecified atom stereocenters. The fraction of sp³-hybridized carbons (Fsp3) is 0.500. The van der Waals surface area contributed by atoms with Crippen LogP contribution in [0.4, 0.5) is 32.2 Å². The van der Waals surface area contributed by atoms with Crippen LogP contribution < -0.4 is 16.0 Å². The first kappa shape index (κ1) is 25.8. The average molecular weight is 506 g/mol. The van der Waals surface area contributed by atoms with Crippen molar-refractivity contribution in [3.05, 3.63) is 19.0 Å². The largest absolute Gasteiger partial charge is 0.449 e. The van der Waals surface area contributed by atoms with Crippen molar-refractivity contribution in [2.45, 2.75) is 32.6 Å². The molecule has 0 saturated carbocycles. The van der Waals surface area contributed by atoms with Crippen molar-refractivity contribution >= 4 is 36.1 Å². The molecule has 0 bridgehead atoms. The Morgan fingerprint density at radius 1 is 0.694 bits per heavy atom. The zero-order chi connectivity index (χ0) is 25.6. The van der Waals surface area contributed by atoms with E-state index in [9.17, 15) is 14.4 Å². The number of H-pyrrole nitrogens is 3. The van der Waals surface area contributed by atoms with Gasteiger partial charge in [0.2, 0.25) is 17.8 Å². The predicted molar refractivity (Wildman–Crippen MR) is 121 cm³/mol. The first-order valence-corrected chi connectivity index (χ1v) is 10.9. The molecule has 3 aromatic rings. The van der Waals surface area contributed by atoms with E-state index in [1.807, 2.05) is 6.92 Å². The molecule has 0 aliphatic rings. The van der Waals surface area contributed by atoms with Crippen molar-refractivity contribution in [3.63, 3.8) is 0 Å². The van der Waals surface area contributed by atoms with Crippen molar-refractivity contribution in [2.24, 2.45) is 5.41 Å². The van der Waals surface area contributed by atoms with Gasteiger partial charge in [-0.15, -0.1) is 30.6 Å². The van der Waals surface area contributed by atoms with Gasteiger partial charge in [0.15, 0.2) is 0 Å². The molecule has 0 radical (unpaired) electrons. The molecule has 0 fully saturated rings. The minimum absolute atomic E-state index is 0.0579. The molecule has 36 heavy (non-hydrogen) atoms. The van der Waals surface area contributed by atoms with E-state index in [1.165, 1.54) is 19.0 Å². The van der Waals surface area contributed by atoms with Crippen molar-refractivity contribution < 1.29 is 28.6 Å². The van der Waals surface area contributed by atoms with Crippen LogP contribution in [-0.4, -0.2) is 83.6 Å². The maximum Gasteiger partial charge on any atom is 0.414 e. The Balaban J connectivity index is 1.50. The van der Waals surface area contributed by atoms with Gasteiger partial charge in [0.1, 0.15) is 19.0 Å². The summed E-state index contributed by atoms with van der Waals surface area (Å²) < 4.78 is 15.8. The molecule has 6 N–H and O–H groups in total. The summed E-state index contributed by atoms with van der Waals surface area (Å²) in [5.41, 5.74) is -0.481. The highest BCUT2D eigenvalue weighted by Crippen LogP contribution is 2.35. The highest BCUT2D eigenvalue weighted by Gasteiger charge is 2.29. The van der Waals surface area contributed by atoms with Gasteiger partial charge in [0.05, 0.1) is 19.8 Å². The maximum atomic E-state index is 12.0. The second-order valence-electron chi connectivity index (χ2n) is 7.40. The van der Waals surface area contributed by atoms with Crippen LogP contribution in [0, 0.1) is 5.41 Å². The molecule has 0 aliphatic heterocycles. The molecule has 0 saturated heterocycles. The normalized spacial score (nSPS) is 10.9. The van der Waals surface area contributed by atoms with Gasteiger partial charge in [0.25, 0.3) is 0 Å². The van der Waals surface area contributed by atoms with Crippen LogP contribution in [0.25, 0.3) is 0 Å². The summed E-state index contributed by atoms with van der Waals surface area (Å²) in [5.74, 6) is 0.456. The molecule has 0 atom stereocenters. The lowest BCUT2D eigenvalue weighted by atomic mass is 9.76. The SMILES string of the molecule is CCC(CCOC(=O)Nc1nnc[nH]1)(CCOC(=O)Nc1nnc[nH]1)CCOC(=O)Nc1nnc[nH]1. The van der Waals surface area contributed by atoms with Gasteiger partial charge in [-0.2, -0.15) is 0 Å². The summed E-state index contributed by atoms with van der Waals surface area (Å²) in [6.45, 7) is 2.12. The molecule has 194 valence electrons. The van der Waals surface area contributed by atoms with Gasteiger partial charge < -0.3 is 29.2 Å². The molecule has 18 heteroatoms. The lowest BCUT2D eigenvalue weighted by Crippen LogP contribution is -2.29. The topological polar surface area (TPSA) is 240 Å². The third-order valence-corrected chi connectivity index (χ3v) is 5.26. The lowest BCUT2D eigenvalue weighted by molar-refractivity contribution is 0.0730. The second-order valence-corrected chi connectivity index (χ2v) is 7.40. The second kappa shape index (κ2) is 13.2. The zero-order valence-corrected chi connectivity index (χ0v) is 19.3. The Kier molecular flexibility index (Phi) is 9.48. The molecule has 0 spiro atoms. The summed E-state index contributed by atoms with van der Waals surface area (Å²) >= 11 is 0. The smallest absolute Gasteiger partial charge is 0.414 e. The van der Waals surface area contributed by atoms with Crippen LogP contribution in [0.5, 0.6) is 0 Å². The lowest BCUT2D eigenvalue weighted by Gasteiger charge is -2.32. The summed E-state index contributed by atoms with van der Waals surface area (Å²) in [5, 5.41) is 28.9. The fourth-order valence-corrected chi connectivity index (χ4v) is 3.18. The monoisotopic (exact) mass is 506 g/mol. The molecule has 3 heterocycles. The number of amides is 3. The maximum absolute atomic E-state index is 12.0. The minimum atomic E-state index is -0.706. The number of carbonyl (C=O) groups is 3. The van der Waals surface area contributed by atoms with Crippen LogP contribution in [0.15, 0.2) is 19.0 Å². The predicted octanol–water partition coefficient (Wildman–Crippen LogP) is 1.65. The molecule has 18 nitrogen and oxygen atoms in total. The third-order valence-electron chi connectivity index (χ3n) is 5.26. The third kappa shape index (κ3) is 8.54. The quantitative estimate of drug-likeness (QED) is 0.181. The Morgan fingerprint density at radius 2 is 1.03 bits per heavy atom. The van der Waals surface area contributed by atoms with Gasteiger partial charge in [0, 0.05) is 0 Å². The standard InChI is InChI=1S/C18H26N12O6/c1-2-18(3-6-34-15(31)25-12-19-9-22-28-12,4-7-35-16(32)26-13-20-10-23-29-13)5-8-36-17(33)27-14-21-11-24-30-14/h9-11H,2-8H2,1H3,(H2,19,22,25,28,31)(H2,20,23,26,29,32)(H2,21,24,27,30,33). The van der Waals surface area contributed by atoms with E-state index >= 15 is 0 Å². The first-order chi connectivity index (χ1) is 17.5. The summed E-state index contributed by atoms with van der Waals surface area (Å²) in [6, 6.07) is 0. The molecule has 3 rings (SSSR count). The highest BCUT2D eigenvalue weighted by molar-refractivity contribution is 5.82. The Morgan fingerprint density at radius 3 is 1.28 bits per heavy atom. The Hall–Kier alpha value is -4.77. The molecular formula is C18H26N12O6. The number of ether oxygens (including phenoxy) is 3. The number of carbonyl (C=O) groups excluding carboxylic acids is 3. The van der Waals surface area contributed by atoms with Crippen molar-refractivity contribution in [1.29, 1.82) is 0 Å². The Labute approximate surface area is 203 Å². The molecule has 0 aromatic carbocycles. The van der Waals surface area contributed by atoms with Crippen molar-refractivity contribution in [2.75, 3.05) is 35.8 Å². The fourth-order valence-electron chi connectivity index (χ4n) is 3.18. The number of aromatic nitrogens is 9. The highest BCUT2D eigenvalue weighted by atomic mass is 16.6. The van der Waals surface area contributed by atoms with Crippen LogP contribution in [0.2, 0.25) is 0 Å². The van der Waals surface area contributed by atoms with Crippen LogP contribution in [0.3, 0.4) is 0 Å². The van der Waals surface area contributed by atoms with Crippen LogP contribution >= 0.6 is 0 Å². The number of rotatable bonds is 13. The molecule has 0 aliphatic carbocycles. The summed E-state index contributed by atoms with van der Waals surface area (Å²) in [6.07, 6.45) is 3.68. The zero-order valence-electron chi connectivity index (χ0n) is 19.3. The molecular weight excluding hydrogens is 480 g/mol. The van der Waals surface area contributed by atoms with E-state index in [-0.39, 0.29) is 37.7 Å². The summed E-state index contributed by atoms with van der Waals surface area (Å²) in [7, 11) is 0. The van der Waals surface area contributed by atoms with Crippen LogP contribution in [0.1, 0.15) is 32.6 Å².